The van der Waals surface area contributed by atoms with E-state index in [4.69, 9.17) is 4.74 Å². The summed E-state index contributed by atoms with van der Waals surface area (Å²) in [5, 5.41) is 0. The van der Waals surface area contributed by atoms with Gasteiger partial charge in [-0.2, -0.15) is 0 Å². The molecule has 1 aromatic heterocycles. The third-order valence-electron chi connectivity index (χ3n) is 2.13. The van der Waals surface area contributed by atoms with Crippen LogP contribution in [0, 0.1) is 0 Å². The van der Waals surface area contributed by atoms with Gasteiger partial charge in [0, 0.05) is 16.2 Å². The minimum Gasteiger partial charge on any atom is -0.496 e. The third kappa shape index (κ3) is 2.14. The number of hydrogen-bond donors (Lipinski definition) is 1. The smallest absolute Gasteiger partial charge is 0.345 e. The Labute approximate surface area is 100 Å². The second-order valence-corrected chi connectivity index (χ2v) is 4.05. The van der Waals surface area contributed by atoms with Crippen molar-refractivity contribution in [3.8, 4) is 17.0 Å². The molecule has 0 aliphatic heterocycles. The third-order valence-corrected chi connectivity index (χ3v) is 2.62. The number of rotatable bonds is 2. The molecule has 0 atom stereocenters. The van der Waals surface area contributed by atoms with Crippen LogP contribution in [0.1, 0.15) is 0 Å². The van der Waals surface area contributed by atoms with Gasteiger partial charge < -0.3 is 9.72 Å². The summed E-state index contributed by atoms with van der Waals surface area (Å²) in [6.07, 6.45) is 1.47. The maximum absolute atomic E-state index is 11.1. The van der Waals surface area contributed by atoms with E-state index in [1.54, 1.807) is 13.2 Å². The van der Waals surface area contributed by atoms with Crippen molar-refractivity contribution in [1.82, 2.24) is 9.97 Å². The van der Waals surface area contributed by atoms with Gasteiger partial charge in [0.25, 0.3) is 0 Å². The Hall–Kier alpha value is -1.62. The zero-order valence-corrected chi connectivity index (χ0v) is 10.1. The van der Waals surface area contributed by atoms with Gasteiger partial charge in [0.2, 0.25) is 0 Å². The maximum Gasteiger partial charge on any atom is 0.345 e. The molecule has 2 rings (SSSR count). The minimum absolute atomic E-state index is 0.375. The van der Waals surface area contributed by atoms with E-state index in [-0.39, 0.29) is 5.69 Å². The summed E-state index contributed by atoms with van der Waals surface area (Å²) in [4.78, 5) is 17.4. The Kier molecular flexibility index (Phi) is 3.05. The van der Waals surface area contributed by atoms with Gasteiger partial charge in [-0.1, -0.05) is 15.9 Å². The van der Waals surface area contributed by atoms with E-state index in [0.717, 1.165) is 10.0 Å². The van der Waals surface area contributed by atoms with Crippen molar-refractivity contribution in [2.24, 2.45) is 0 Å². The van der Waals surface area contributed by atoms with Gasteiger partial charge in [-0.3, -0.25) is 0 Å². The predicted octanol–water partition coefficient (Wildman–Crippen LogP) is 2.21. The van der Waals surface area contributed by atoms with E-state index in [9.17, 15) is 4.79 Å². The number of halogens is 1. The van der Waals surface area contributed by atoms with E-state index in [1.165, 1.54) is 6.20 Å². The molecule has 0 bridgehead atoms. The standard InChI is InChI=1S/C11H9BrN2O2/c1-16-10-3-2-7(12)6-8(10)9-4-5-13-11(15)14-9/h2-6H,1H3,(H,13,14,15). The molecule has 0 aliphatic rings. The number of aromatic amines is 1. The molecule has 16 heavy (non-hydrogen) atoms. The van der Waals surface area contributed by atoms with Gasteiger partial charge in [0.1, 0.15) is 5.75 Å². The molecule has 0 amide bonds. The first kappa shape index (κ1) is 10.9. The quantitative estimate of drug-likeness (QED) is 0.918. The Morgan fingerprint density at radius 2 is 2.19 bits per heavy atom. The molecule has 0 radical (unpaired) electrons. The van der Waals surface area contributed by atoms with Crippen molar-refractivity contribution in [3.05, 3.63) is 45.4 Å². The molecule has 0 saturated heterocycles. The van der Waals surface area contributed by atoms with Crippen molar-refractivity contribution in [1.29, 1.82) is 0 Å². The highest BCUT2D eigenvalue weighted by molar-refractivity contribution is 9.10. The number of nitrogens with one attached hydrogen (secondary N) is 1. The molecule has 5 heteroatoms. The van der Waals surface area contributed by atoms with E-state index in [2.05, 4.69) is 25.9 Å². The molecular weight excluding hydrogens is 272 g/mol. The van der Waals surface area contributed by atoms with Crippen LogP contribution in [0.5, 0.6) is 5.75 Å². The fourth-order valence-electron chi connectivity index (χ4n) is 1.42. The van der Waals surface area contributed by atoms with Crippen molar-refractivity contribution >= 4 is 15.9 Å². The molecule has 4 nitrogen and oxygen atoms in total. The second kappa shape index (κ2) is 4.49. The Morgan fingerprint density at radius 3 is 2.88 bits per heavy atom. The number of hydrogen-bond acceptors (Lipinski definition) is 3. The fraction of sp³-hybridized carbons (Fsp3) is 0.0909. The lowest BCUT2D eigenvalue weighted by atomic mass is 10.1. The predicted molar refractivity (Wildman–Crippen MR) is 64.5 cm³/mol. The number of H-pyrrole nitrogens is 1. The van der Waals surface area contributed by atoms with Crippen molar-refractivity contribution in [2.45, 2.75) is 0 Å². The van der Waals surface area contributed by atoms with Gasteiger partial charge in [0.05, 0.1) is 12.8 Å². The fourth-order valence-corrected chi connectivity index (χ4v) is 1.78. The molecule has 0 aliphatic carbocycles. The number of ether oxygens (including phenoxy) is 1. The summed E-state index contributed by atoms with van der Waals surface area (Å²) in [6, 6.07) is 7.32. The minimum atomic E-state index is -0.375. The lowest BCUT2D eigenvalue weighted by molar-refractivity contribution is 0.416. The molecule has 0 spiro atoms. The summed E-state index contributed by atoms with van der Waals surface area (Å²) >= 11 is 3.38. The zero-order chi connectivity index (χ0) is 11.5. The lowest BCUT2D eigenvalue weighted by Gasteiger charge is -2.08. The van der Waals surface area contributed by atoms with E-state index in [1.807, 2.05) is 18.2 Å². The summed E-state index contributed by atoms with van der Waals surface area (Å²) in [6.45, 7) is 0. The van der Waals surface area contributed by atoms with Crippen molar-refractivity contribution < 1.29 is 4.74 Å². The Balaban J connectivity index is 2.62. The van der Waals surface area contributed by atoms with E-state index >= 15 is 0 Å². The first-order valence-electron chi connectivity index (χ1n) is 4.60. The molecule has 1 N–H and O–H groups in total. The van der Waals surface area contributed by atoms with E-state index < -0.39 is 0 Å². The first-order chi connectivity index (χ1) is 7.70. The Morgan fingerprint density at radius 1 is 1.38 bits per heavy atom. The molecular formula is C11H9BrN2O2. The molecule has 0 unspecified atom stereocenters. The lowest BCUT2D eigenvalue weighted by Crippen LogP contribution is -2.09. The largest absolute Gasteiger partial charge is 0.496 e. The van der Waals surface area contributed by atoms with Gasteiger partial charge in [-0.15, -0.1) is 0 Å². The van der Waals surface area contributed by atoms with Crippen LogP contribution in [0.25, 0.3) is 11.3 Å². The van der Waals surface area contributed by atoms with Crippen LogP contribution in [-0.2, 0) is 0 Å². The number of benzene rings is 1. The van der Waals surface area contributed by atoms with Crippen LogP contribution < -0.4 is 10.4 Å². The molecule has 82 valence electrons. The summed E-state index contributed by atoms with van der Waals surface area (Å²) < 4.78 is 6.15. The van der Waals surface area contributed by atoms with Crippen LogP contribution in [0.4, 0.5) is 0 Å². The monoisotopic (exact) mass is 280 g/mol. The highest BCUT2D eigenvalue weighted by atomic mass is 79.9. The van der Waals surface area contributed by atoms with E-state index in [0.29, 0.717) is 11.4 Å². The number of aromatic nitrogens is 2. The molecule has 1 heterocycles. The van der Waals surface area contributed by atoms with Gasteiger partial charge in [-0.25, -0.2) is 9.78 Å². The summed E-state index contributed by atoms with van der Waals surface area (Å²) in [5.41, 5.74) is 1.12. The van der Waals surface area contributed by atoms with Gasteiger partial charge in [-0.05, 0) is 24.3 Å². The molecule has 0 fully saturated rings. The first-order valence-corrected chi connectivity index (χ1v) is 5.39. The van der Waals surface area contributed by atoms with Crippen molar-refractivity contribution in [3.63, 3.8) is 0 Å². The number of nitrogens with zero attached hydrogens (tertiary/aromatic N) is 1. The molecule has 1 aromatic carbocycles. The van der Waals surface area contributed by atoms with Crippen LogP contribution in [0.15, 0.2) is 39.7 Å². The van der Waals surface area contributed by atoms with Crippen LogP contribution in [0.2, 0.25) is 0 Å². The second-order valence-electron chi connectivity index (χ2n) is 3.13. The SMILES string of the molecule is COc1ccc(Br)cc1-c1ccnc(=O)[nH]1. The average molecular weight is 281 g/mol. The van der Waals surface area contributed by atoms with Crippen LogP contribution in [-0.4, -0.2) is 17.1 Å². The topological polar surface area (TPSA) is 55.0 Å². The highest BCUT2D eigenvalue weighted by Gasteiger charge is 2.07. The summed E-state index contributed by atoms with van der Waals surface area (Å²) in [5.74, 6) is 0.699. The van der Waals surface area contributed by atoms with Crippen LogP contribution in [0.3, 0.4) is 0 Å². The number of methoxy groups -OCH3 is 1. The van der Waals surface area contributed by atoms with Crippen LogP contribution >= 0.6 is 15.9 Å². The Bertz CT molecular complexity index is 566. The maximum atomic E-state index is 11.1. The normalized spacial score (nSPS) is 10.1. The van der Waals surface area contributed by atoms with Crippen molar-refractivity contribution in [2.75, 3.05) is 7.11 Å². The zero-order valence-electron chi connectivity index (χ0n) is 8.53. The molecule has 2 aromatic rings. The highest BCUT2D eigenvalue weighted by Crippen LogP contribution is 2.30. The van der Waals surface area contributed by atoms with Gasteiger partial charge in [0.15, 0.2) is 0 Å². The molecule has 0 saturated carbocycles. The van der Waals surface area contributed by atoms with Gasteiger partial charge >= 0.3 is 5.69 Å². The summed E-state index contributed by atoms with van der Waals surface area (Å²) in [7, 11) is 1.59. The average Bonchev–Trinajstić information content (AvgIpc) is 2.29.